The van der Waals surface area contributed by atoms with E-state index < -0.39 is 0 Å². The van der Waals surface area contributed by atoms with Crippen molar-refractivity contribution in [2.24, 2.45) is 5.41 Å². The molecule has 0 bridgehead atoms. The van der Waals surface area contributed by atoms with Crippen LogP contribution in [-0.2, 0) is 0 Å². The first-order valence-corrected chi connectivity index (χ1v) is 6.79. The smallest absolute Gasteiger partial charge is 0.161 e. The van der Waals surface area contributed by atoms with Gasteiger partial charge in [-0.3, -0.25) is 0 Å². The van der Waals surface area contributed by atoms with Crippen LogP contribution in [0.1, 0.15) is 38.7 Å². The van der Waals surface area contributed by atoms with Crippen molar-refractivity contribution in [1.29, 1.82) is 5.26 Å². The summed E-state index contributed by atoms with van der Waals surface area (Å²) in [5, 5.41) is 9.28. The van der Waals surface area contributed by atoms with Gasteiger partial charge in [-0.05, 0) is 37.5 Å². The van der Waals surface area contributed by atoms with Crippen molar-refractivity contribution in [2.75, 3.05) is 13.7 Å². The average Bonchev–Trinajstić information content (AvgIpc) is 2.45. The number of nitrogens with zero attached hydrogens (tertiary/aromatic N) is 1. The van der Waals surface area contributed by atoms with Gasteiger partial charge in [0.25, 0.3) is 0 Å². The molecule has 0 fully saturated rings. The lowest BCUT2D eigenvalue weighted by Gasteiger charge is -2.23. The molecule has 1 aromatic rings. The monoisotopic (exact) mass is 261 g/mol. The molecule has 0 aliphatic heterocycles. The second-order valence-electron chi connectivity index (χ2n) is 4.85. The first kappa shape index (κ1) is 15.4. The van der Waals surface area contributed by atoms with Gasteiger partial charge in [0, 0.05) is 6.42 Å². The summed E-state index contributed by atoms with van der Waals surface area (Å²) >= 11 is 0. The Bertz CT molecular complexity index is 445. The molecule has 0 aliphatic rings. The summed E-state index contributed by atoms with van der Waals surface area (Å²) in [6, 6.07) is 8.29. The van der Waals surface area contributed by atoms with Gasteiger partial charge in [0.2, 0.25) is 0 Å². The third kappa shape index (κ3) is 3.89. The van der Waals surface area contributed by atoms with Gasteiger partial charge in [-0.2, -0.15) is 5.26 Å². The van der Waals surface area contributed by atoms with Crippen molar-refractivity contribution < 1.29 is 9.47 Å². The molecule has 3 heteroatoms. The Morgan fingerprint density at radius 2 is 1.89 bits per heavy atom. The van der Waals surface area contributed by atoms with Crippen molar-refractivity contribution in [3.05, 3.63) is 23.8 Å². The summed E-state index contributed by atoms with van der Waals surface area (Å²) in [6.45, 7) is 6.66. The van der Waals surface area contributed by atoms with E-state index in [9.17, 15) is 5.26 Å². The molecule has 0 radical (unpaired) electrons. The topological polar surface area (TPSA) is 42.2 Å². The predicted octanol–water partition coefficient (Wildman–Crippen LogP) is 4.10. The quantitative estimate of drug-likeness (QED) is 0.742. The number of hydrogen-bond donors (Lipinski definition) is 0. The molecule has 0 saturated carbocycles. The average molecular weight is 261 g/mol. The van der Waals surface area contributed by atoms with E-state index in [1.165, 1.54) is 0 Å². The minimum atomic E-state index is -0.266. The number of hydrogen-bond acceptors (Lipinski definition) is 3. The maximum absolute atomic E-state index is 9.28. The largest absolute Gasteiger partial charge is 0.493 e. The summed E-state index contributed by atoms with van der Waals surface area (Å²) < 4.78 is 11.1. The lowest BCUT2D eigenvalue weighted by Crippen LogP contribution is -2.19. The number of rotatable bonds is 7. The Kier molecular flexibility index (Phi) is 5.69. The van der Waals surface area contributed by atoms with Crippen molar-refractivity contribution in [3.8, 4) is 17.6 Å². The summed E-state index contributed by atoms with van der Waals surface area (Å²) in [5.41, 5.74) is 0.871. The molecule has 0 aromatic heterocycles. The van der Waals surface area contributed by atoms with E-state index in [0.29, 0.717) is 6.61 Å². The zero-order chi connectivity index (χ0) is 14.3. The molecule has 0 amide bonds. The third-order valence-corrected chi connectivity index (χ3v) is 3.75. The van der Waals surface area contributed by atoms with Crippen LogP contribution in [0.3, 0.4) is 0 Å². The zero-order valence-corrected chi connectivity index (χ0v) is 12.3. The summed E-state index contributed by atoms with van der Waals surface area (Å²) in [6.07, 6.45) is 2.45. The molecular formula is C16H23NO2. The van der Waals surface area contributed by atoms with Gasteiger partial charge < -0.3 is 9.47 Å². The van der Waals surface area contributed by atoms with Crippen LogP contribution >= 0.6 is 0 Å². The fourth-order valence-electron chi connectivity index (χ4n) is 2.07. The molecule has 1 rings (SSSR count). The summed E-state index contributed by atoms with van der Waals surface area (Å²) in [5.74, 6) is 1.49. The van der Waals surface area contributed by atoms with E-state index in [0.717, 1.165) is 36.3 Å². The Balaban J connectivity index is 2.65. The van der Waals surface area contributed by atoms with E-state index in [4.69, 9.17) is 9.47 Å². The Morgan fingerprint density at radius 1 is 1.21 bits per heavy atom. The molecule has 104 valence electrons. The molecule has 0 aliphatic carbocycles. The normalized spacial score (nSPS) is 10.9. The fourth-order valence-corrected chi connectivity index (χ4v) is 2.07. The Morgan fingerprint density at radius 3 is 2.42 bits per heavy atom. The van der Waals surface area contributed by atoms with E-state index in [1.54, 1.807) is 7.11 Å². The predicted molar refractivity (Wildman–Crippen MR) is 76.5 cm³/mol. The van der Waals surface area contributed by atoms with Crippen molar-refractivity contribution in [2.45, 2.75) is 40.0 Å². The SMILES string of the molecule is CCC(C#N)(CC)CCOc1ccc(C)cc1OC. The standard InChI is InChI=1S/C16H23NO2/c1-5-16(6-2,12-17)9-10-19-14-8-7-13(3)11-15(14)18-4/h7-8,11H,5-6,9-10H2,1-4H3. The van der Waals surface area contributed by atoms with Crippen LogP contribution in [-0.4, -0.2) is 13.7 Å². The van der Waals surface area contributed by atoms with Crippen LogP contribution in [0, 0.1) is 23.7 Å². The summed E-state index contributed by atoms with van der Waals surface area (Å²) in [7, 11) is 1.64. The molecule has 0 heterocycles. The zero-order valence-electron chi connectivity index (χ0n) is 12.3. The maximum Gasteiger partial charge on any atom is 0.161 e. The van der Waals surface area contributed by atoms with Gasteiger partial charge >= 0.3 is 0 Å². The lowest BCUT2D eigenvalue weighted by atomic mass is 9.81. The minimum Gasteiger partial charge on any atom is -0.493 e. The van der Waals surface area contributed by atoms with E-state index in [1.807, 2.05) is 25.1 Å². The molecule has 0 N–H and O–H groups in total. The molecule has 19 heavy (non-hydrogen) atoms. The molecule has 1 aromatic carbocycles. The molecule has 0 spiro atoms. The highest BCUT2D eigenvalue weighted by molar-refractivity contribution is 5.42. The maximum atomic E-state index is 9.28. The first-order chi connectivity index (χ1) is 9.10. The van der Waals surface area contributed by atoms with E-state index in [-0.39, 0.29) is 5.41 Å². The fraction of sp³-hybridized carbons (Fsp3) is 0.562. The lowest BCUT2D eigenvalue weighted by molar-refractivity contribution is 0.224. The number of methoxy groups -OCH3 is 1. The van der Waals surface area contributed by atoms with Gasteiger partial charge in [-0.15, -0.1) is 0 Å². The number of aryl methyl sites for hydroxylation is 1. The Hall–Kier alpha value is -1.69. The minimum absolute atomic E-state index is 0.266. The summed E-state index contributed by atoms with van der Waals surface area (Å²) in [4.78, 5) is 0. The molecule has 3 nitrogen and oxygen atoms in total. The molecular weight excluding hydrogens is 238 g/mol. The third-order valence-electron chi connectivity index (χ3n) is 3.75. The second kappa shape index (κ2) is 7.04. The van der Waals surface area contributed by atoms with Gasteiger partial charge in [0.05, 0.1) is 25.2 Å². The van der Waals surface area contributed by atoms with Crippen LogP contribution in [0.15, 0.2) is 18.2 Å². The van der Waals surface area contributed by atoms with Crippen LogP contribution in [0.5, 0.6) is 11.5 Å². The van der Waals surface area contributed by atoms with Crippen LogP contribution < -0.4 is 9.47 Å². The molecule has 0 saturated heterocycles. The number of benzene rings is 1. The highest BCUT2D eigenvalue weighted by Crippen LogP contribution is 2.32. The Labute approximate surface area is 116 Å². The van der Waals surface area contributed by atoms with E-state index >= 15 is 0 Å². The molecule has 0 atom stereocenters. The molecule has 0 unspecified atom stereocenters. The van der Waals surface area contributed by atoms with Gasteiger partial charge in [-0.1, -0.05) is 19.9 Å². The van der Waals surface area contributed by atoms with Crippen LogP contribution in [0.2, 0.25) is 0 Å². The van der Waals surface area contributed by atoms with E-state index in [2.05, 4.69) is 19.9 Å². The van der Waals surface area contributed by atoms with Crippen molar-refractivity contribution >= 4 is 0 Å². The van der Waals surface area contributed by atoms with Crippen molar-refractivity contribution in [1.82, 2.24) is 0 Å². The highest BCUT2D eigenvalue weighted by Gasteiger charge is 2.25. The van der Waals surface area contributed by atoms with Crippen LogP contribution in [0.4, 0.5) is 0 Å². The van der Waals surface area contributed by atoms with Crippen LogP contribution in [0.25, 0.3) is 0 Å². The number of ether oxygens (including phenoxy) is 2. The van der Waals surface area contributed by atoms with Crippen molar-refractivity contribution in [3.63, 3.8) is 0 Å². The van der Waals surface area contributed by atoms with Gasteiger partial charge in [0.1, 0.15) is 0 Å². The highest BCUT2D eigenvalue weighted by atomic mass is 16.5. The first-order valence-electron chi connectivity index (χ1n) is 6.79. The van der Waals surface area contributed by atoms with Gasteiger partial charge in [0.15, 0.2) is 11.5 Å². The second-order valence-corrected chi connectivity index (χ2v) is 4.85. The number of nitriles is 1. The van der Waals surface area contributed by atoms with Gasteiger partial charge in [-0.25, -0.2) is 0 Å².